The minimum absolute atomic E-state index is 0.0126. The summed E-state index contributed by atoms with van der Waals surface area (Å²) in [5, 5.41) is 7.38. The van der Waals surface area contributed by atoms with E-state index in [1.807, 2.05) is 33.9 Å². The number of anilines is 1. The van der Waals surface area contributed by atoms with Crippen molar-refractivity contribution in [3.8, 4) is 0 Å². The Bertz CT molecular complexity index is 808. The monoisotopic (exact) mass is 432 g/mol. The molecule has 0 saturated heterocycles. The lowest BCUT2D eigenvalue weighted by Gasteiger charge is -2.29. The number of methoxy groups -OCH3 is 1. The van der Waals surface area contributed by atoms with E-state index in [0.717, 1.165) is 12.8 Å². The molecule has 1 saturated carbocycles. The van der Waals surface area contributed by atoms with Crippen LogP contribution in [0.4, 0.5) is 5.82 Å². The number of rotatable bonds is 10. The summed E-state index contributed by atoms with van der Waals surface area (Å²) in [5.74, 6) is 1.19. The van der Waals surface area contributed by atoms with E-state index >= 15 is 0 Å². The standard InChI is InChI=1S/C23H36N4O4/c1-16(2)31-18-13-21(28)27(14-18)19(12-17-8-6-7-9-17)22(29)24-20-10-11-26(25-20)15-23(3,4)30-5/h10-11,13,16-17,19H,6-9,12,14-15H2,1-5H3,(H,24,25,29)/t19-/m0/s1. The van der Waals surface area contributed by atoms with Crippen molar-refractivity contribution in [1.29, 1.82) is 0 Å². The second kappa shape index (κ2) is 9.85. The SMILES string of the molecule is COC(C)(C)Cn1ccc(NC(=O)[C@H](CC2CCCC2)N2CC(OC(C)C)=CC2=O)n1. The average Bonchev–Trinajstić information content (AvgIpc) is 3.41. The van der Waals surface area contributed by atoms with E-state index in [4.69, 9.17) is 9.47 Å². The summed E-state index contributed by atoms with van der Waals surface area (Å²) in [7, 11) is 1.66. The maximum Gasteiger partial charge on any atom is 0.251 e. The highest BCUT2D eigenvalue weighted by Gasteiger charge is 2.36. The molecule has 1 fully saturated rings. The molecule has 0 bridgehead atoms. The Labute approximate surface area is 184 Å². The van der Waals surface area contributed by atoms with Crippen LogP contribution in [0.5, 0.6) is 0 Å². The van der Waals surface area contributed by atoms with Crippen LogP contribution in [0.2, 0.25) is 0 Å². The van der Waals surface area contributed by atoms with Crippen molar-refractivity contribution in [2.45, 2.75) is 84.1 Å². The molecular weight excluding hydrogens is 396 g/mol. The Hall–Kier alpha value is -2.35. The quantitative estimate of drug-likeness (QED) is 0.613. The van der Waals surface area contributed by atoms with Gasteiger partial charge in [-0.1, -0.05) is 25.7 Å². The third kappa shape index (κ3) is 6.32. The summed E-state index contributed by atoms with van der Waals surface area (Å²) in [6.07, 6.45) is 8.57. The van der Waals surface area contributed by atoms with Crippen LogP contribution in [0.3, 0.4) is 0 Å². The Morgan fingerprint density at radius 2 is 2.03 bits per heavy atom. The maximum atomic E-state index is 13.3. The molecule has 1 aliphatic carbocycles. The Morgan fingerprint density at radius 3 is 2.68 bits per heavy atom. The Kier molecular flexibility index (Phi) is 7.41. The van der Waals surface area contributed by atoms with E-state index in [9.17, 15) is 9.59 Å². The minimum atomic E-state index is -0.541. The van der Waals surface area contributed by atoms with Crippen LogP contribution in [0, 0.1) is 5.92 Å². The molecule has 1 aliphatic heterocycles. The molecule has 172 valence electrons. The van der Waals surface area contributed by atoms with Crippen LogP contribution in [0.15, 0.2) is 24.1 Å². The average molecular weight is 433 g/mol. The maximum absolute atomic E-state index is 13.3. The number of nitrogens with zero attached hydrogens (tertiary/aromatic N) is 3. The van der Waals surface area contributed by atoms with Crippen LogP contribution in [0.1, 0.15) is 59.8 Å². The normalized spacial score (nSPS) is 18.6. The topological polar surface area (TPSA) is 85.7 Å². The van der Waals surface area contributed by atoms with Gasteiger partial charge in [0.2, 0.25) is 5.91 Å². The molecule has 2 aliphatic rings. The Morgan fingerprint density at radius 1 is 1.32 bits per heavy atom. The molecule has 0 unspecified atom stereocenters. The van der Waals surface area contributed by atoms with Gasteiger partial charge in [0.05, 0.1) is 24.8 Å². The first kappa shape index (κ1) is 23.3. The van der Waals surface area contributed by atoms with Crippen molar-refractivity contribution in [2.75, 3.05) is 19.0 Å². The fourth-order valence-electron chi connectivity index (χ4n) is 4.27. The second-order valence-electron chi connectivity index (χ2n) is 9.50. The molecule has 1 atom stereocenters. The lowest BCUT2D eigenvalue weighted by Crippen LogP contribution is -2.46. The number of hydrogen-bond donors (Lipinski definition) is 1. The molecule has 1 aromatic rings. The van der Waals surface area contributed by atoms with Gasteiger partial charge in [0.25, 0.3) is 5.91 Å². The lowest BCUT2D eigenvalue weighted by atomic mass is 9.96. The van der Waals surface area contributed by atoms with Gasteiger partial charge in [0.15, 0.2) is 5.82 Å². The zero-order chi connectivity index (χ0) is 22.6. The van der Waals surface area contributed by atoms with Crippen LogP contribution in [-0.2, 0) is 25.6 Å². The highest BCUT2D eigenvalue weighted by atomic mass is 16.5. The number of hydrogen-bond acceptors (Lipinski definition) is 5. The molecule has 8 nitrogen and oxygen atoms in total. The van der Waals surface area contributed by atoms with Gasteiger partial charge in [-0.2, -0.15) is 5.10 Å². The number of amides is 2. The van der Waals surface area contributed by atoms with Crippen LogP contribution >= 0.6 is 0 Å². The molecule has 0 aromatic carbocycles. The van der Waals surface area contributed by atoms with Gasteiger partial charge in [-0.25, -0.2) is 0 Å². The fraction of sp³-hybridized carbons (Fsp3) is 0.696. The van der Waals surface area contributed by atoms with Gasteiger partial charge in [-0.05, 0) is 40.0 Å². The third-order valence-corrected chi connectivity index (χ3v) is 5.98. The molecule has 31 heavy (non-hydrogen) atoms. The summed E-state index contributed by atoms with van der Waals surface area (Å²) < 4.78 is 12.9. The van der Waals surface area contributed by atoms with Crippen molar-refractivity contribution in [2.24, 2.45) is 5.92 Å². The molecule has 0 spiro atoms. The lowest BCUT2D eigenvalue weighted by molar-refractivity contribution is -0.134. The fourth-order valence-corrected chi connectivity index (χ4v) is 4.27. The van der Waals surface area contributed by atoms with Crippen LogP contribution < -0.4 is 5.32 Å². The molecule has 0 radical (unpaired) electrons. The molecule has 1 aromatic heterocycles. The summed E-state index contributed by atoms with van der Waals surface area (Å²) in [6, 6.07) is 1.23. The number of ether oxygens (including phenoxy) is 2. The first-order valence-electron chi connectivity index (χ1n) is 11.2. The zero-order valence-electron chi connectivity index (χ0n) is 19.4. The predicted octanol–water partition coefficient (Wildman–Crippen LogP) is 3.35. The van der Waals surface area contributed by atoms with Gasteiger partial charge in [0, 0.05) is 25.4 Å². The number of nitrogens with one attached hydrogen (secondary N) is 1. The van der Waals surface area contributed by atoms with Crippen molar-refractivity contribution >= 4 is 17.6 Å². The Balaban J connectivity index is 1.70. The first-order valence-corrected chi connectivity index (χ1v) is 11.2. The number of aromatic nitrogens is 2. The van der Waals surface area contributed by atoms with Crippen LogP contribution in [-0.4, -0.2) is 57.9 Å². The minimum Gasteiger partial charge on any atom is -0.493 e. The second-order valence-corrected chi connectivity index (χ2v) is 9.50. The number of carbonyl (C=O) groups excluding carboxylic acids is 2. The van der Waals surface area contributed by atoms with Crippen molar-refractivity contribution in [3.63, 3.8) is 0 Å². The largest absolute Gasteiger partial charge is 0.493 e. The van der Waals surface area contributed by atoms with Gasteiger partial charge in [-0.15, -0.1) is 0 Å². The zero-order valence-corrected chi connectivity index (χ0v) is 19.4. The van der Waals surface area contributed by atoms with Gasteiger partial charge >= 0.3 is 0 Å². The molecule has 2 amide bonds. The van der Waals surface area contributed by atoms with Gasteiger partial charge < -0.3 is 19.7 Å². The van der Waals surface area contributed by atoms with E-state index < -0.39 is 6.04 Å². The van der Waals surface area contributed by atoms with E-state index in [0.29, 0.717) is 37.0 Å². The summed E-state index contributed by atoms with van der Waals surface area (Å²) in [4.78, 5) is 27.6. The van der Waals surface area contributed by atoms with Crippen LogP contribution in [0.25, 0.3) is 0 Å². The smallest absolute Gasteiger partial charge is 0.251 e. The van der Waals surface area contributed by atoms with E-state index in [1.165, 1.54) is 18.9 Å². The molecule has 8 heteroatoms. The van der Waals surface area contributed by atoms with E-state index in [2.05, 4.69) is 10.4 Å². The molecule has 1 N–H and O–H groups in total. The summed E-state index contributed by atoms with van der Waals surface area (Å²) in [6.45, 7) is 8.71. The highest BCUT2D eigenvalue weighted by Crippen LogP contribution is 2.31. The van der Waals surface area contributed by atoms with Crippen molar-refractivity contribution in [1.82, 2.24) is 14.7 Å². The third-order valence-electron chi connectivity index (χ3n) is 5.98. The van der Waals surface area contributed by atoms with Crippen molar-refractivity contribution in [3.05, 3.63) is 24.1 Å². The van der Waals surface area contributed by atoms with Gasteiger partial charge in [-0.3, -0.25) is 14.3 Å². The first-order chi connectivity index (χ1) is 14.7. The van der Waals surface area contributed by atoms with Gasteiger partial charge in [0.1, 0.15) is 11.8 Å². The van der Waals surface area contributed by atoms with E-state index in [1.54, 1.807) is 22.8 Å². The molecular formula is C23H36N4O4. The predicted molar refractivity (Wildman–Crippen MR) is 118 cm³/mol. The summed E-state index contributed by atoms with van der Waals surface area (Å²) >= 11 is 0. The molecule has 3 rings (SSSR count). The highest BCUT2D eigenvalue weighted by molar-refractivity contribution is 5.99. The number of carbonyl (C=O) groups is 2. The van der Waals surface area contributed by atoms with E-state index in [-0.39, 0.29) is 23.5 Å². The summed E-state index contributed by atoms with van der Waals surface area (Å²) in [5.41, 5.74) is -0.362. The van der Waals surface area contributed by atoms with Crippen molar-refractivity contribution < 1.29 is 19.1 Å². The molecule has 2 heterocycles.